The third-order valence-electron chi connectivity index (χ3n) is 3.05. The van der Waals surface area contributed by atoms with E-state index < -0.39 is 0 Å². The van der Waals surface area contributed by atoms with Crippen molar-refractivity contribution < 1.29 is 13.7 Å². The molecular formula is C12H15N3O3. The fraction of sp³-hybridized carbons (Fsp3) is 0.500. The Morgan fingerprint density at radius 1 is 1.50 bits per heavy atom. The summed E-state index contributed by atoms with van der Waals surface area (Å²) in [6.07, 6.45) is 1.59. The molecule has 6 nitrogen and oxygen atoms in total. The average Bonchev–Trinajstić information content (AvgIpc) is 3.02. The van der Waals surface area contributed by atoms with Gasteiger partial charge in [-0.1, -0.05) is 5.16 Å². The van der Waals surface area contributed by atoms with Crippen molar-refractivity contribution >= 4 is 0 Å². The summed E-state index contributed by atoms with van der Waals surface area (Å²) >= 11 is 0. The Hall–Kier alpha value is -1.66. The fourth-order valence-electron chi connectivity index (χ4n) is 2.00. The number of aromatic nitrogens is 2. The Bertz CT molecular complexity index is 494. The standard InChI is InChI=1S/C12H15N3O3/c1-9-8-16-6-4-15(9)7-11-13-12(14-18-11)10-3-2-5-17-10/h2-3,5,9H,4,6-8H2,1H3/t9-/m0/s1. The zero-order chi connectivity index (χ0) is 12.4. The molecule has 0 bridgehead atoms. The summed E-state index contributed by atoms with van der Waals surface area (Å²) in [5, 5.41) is 3.91. The fourth-order valence-corrected chi connectivity index (χ4v) is 2.00. The SMILES string of the molecule is C[C@H]1COCCN1Cc1nc(-c2ccco2)no1. The first kappa shape index (κ1) is 11.4. The van der Waals surface area contributed by atoms with Crippen molar-refractivity contribution in [3.63, 3.8) is 0 Å². The predicted octanol–water partition coefficient (Wildman–Crippen LogP) is 1.55. The number of rotatable bonds is 3. The molecule has 3 heterocycles. The average molecular weight is 249 g/mol. The van der Waals surface area contributed by atoms with Crippen LogP contribution in [-0.2, 0) is 11.3 Å². The van der Waals surface area contributed by atoms with E-state index in [-0.39, 0.29) is 0 Å². The molecule has 96 valence electrons. The van der Waals surface area contributed by atoms with Crippen molar-refractivity contribution in [2.45, 2.75) is 19.5 Å². The Kier molecular flexibility index (Phi) is 3.12. The van der Waals surface area contributed by atoms with Crippen LogP contribution in [0, 0.1) is 0 Å². The molecule has 0 amide bonds. The summed E-state index contributed by atoms with van der Waals surface area (Å²) in [4.78, 5) is 6.59. The van der Waals surface area contributed by atoms with E-state index in [4.69, 9.17) is 13.7 Å². The maximum Gasteiger partial charge on any atom is 0.241 e. The molecule has 2 aromatic heterocycles. The lowest BCUT2D eigenvalue weighted by Gasteiger charge is -2.31. The Balaban J connectivity index is 1.70. The Morgan fingerprint density at radius 3 is 3.22 bits per heavy atom. The third-order valence-corrected chi connectivity index (χ3v) is 3.05. The molecule has 0 aromatic carbocycles. The zero-order valence-corrected chi connectivity index (χ0v) is 10.2. The van der Waals surface area contributed by atoms with Crippen LogP contribution in [0.4, 0.5) is 0 Å². The van der Waals surface area contributed by atoms with Crippen molar-refractivity contribution in [3.05, 3.63) is 24.3 Å². The van der Waals surface area contributed by atoms with Gasteiger partial charge in [0.2, 0.25) is 11.7 Å². The molecule has 18 heavy (non-hydrogen) atoms. The van der Waals surface area contributed by atoms with Crippen LogP contribution in [0.15, 0.2) is 27.3 Å². The lowest BCUT2D eigenvalue weighted by molar-refractivity contribution is -0.00852. The number of hydrogen-bond acceptors (Lipinski definition) is 6. The quantitative estimate of drug-likeness (QED) is 0.822. The molecule has 0 aliphatic carbocycles. The van der Waals surface area contributed by atoms with E-state index in [0.717, 1.165) is 19.8 Å². The molecule has 1 fully saturated rings. The minimum atomic E-state index is 0.373. The van der Waals surface area contributed by atoms with Crippen LogP contribution in [0.25, 0.3) is 11.6 Å². The number of furan rings is 1. The highest BCUT2D eigenvalue weighted by atomic mass is 16.5. The second-order valence-electron chi connectivity index (χ2n) is 4.38. The van der Waals surface area contributed by atoms with Gasteiger partial charge in [-0.25, -0.2) is 0 Å². The molecule has 1 atom stereocenters. The summed E-state index contributed by atoms with van der Waals surface area (Å²) in [5.74, 6) is 1.73. The molecule has 0 radical (unpaired) electrons. The zero-order valence-electron chi connectivity index (χ0n) is 10.2. The van der Waals surface area contributed by atoms with Gasteiger partial charge in [-0.3, -0.25) is 4.90 Å². The van der Waals surface area contributed by atoms with E-state index in [9.17, 15) is 0 Å². The molecule has 1 aliphatic heterocycles. The van der Waals surface area contributed by atoms with Crippen molar-refractivity contribution in [1.82, 2.24) is 15.0 Å². The lowest BCUT2D eigenvalue weighted by atomic mass is 10.2. The van der Waals surface area contributed by atoms with Gasteiger partial charge in [0.25, 0.3) is 0 Å². The van der Waals surface area contributed by atoms with Crippen molar-refractivity contribution in [2.75, 3.05) is 19.8 Å². The van der Waals surface area contributed by atoms with E-state index in [1.54, 1.807) is 12.3 Å². The highest BCUT2D eigenvalue weighted by Crippen LogP contribution is 2.17. The topological polar surface area (TPSA) is 64.5 Å². The lowest BCUT2D eigenvalue weighted by Crippen LogP contribution is -2.42. The van der Waals surface area contributed by atoms with Gasteiger partial charge in [-0.15, -0.1) is 0 Å². The molecule has 0 N–H and O–H groups in total. The van der Waals surface area contributed by atoms with Crippen LogP contribution in [0.2, 0.25) is 0 Å². The van der Waals surface area contributed by atoms with E-state index in [2.05, 4.69) is 22.0 Å². The monoisotopic (exact) mass is 249 g/mol. The molecule has 0 unspecified atom stereocenters. The number of nitrogens with zero attached hydrogens (tertiary/aromatic N) is 3. The van der Waals surface area contributed by atoms with Gasteiger partial charge in [0.1, 0.15) is 0 Å². The van der Waals surface area contributed by atoms with E-state index in [1.807, 2.05) is 6.07 Å². The maximum absolute atomic E-state index is 5.39. The Labute approximate surface area is 105 Å². The molecule has 2 aromatic rings. The van der Waals surface area contributed by atoms with Crippen LogP contribution < -0.4 is 0 Å². The van der Waals surface area contributed by atoms with Crippen LogP contribution in [0.1, 0.15) is 12.8 Å². The predicted molar refractivity (Wildman–Crippen MR) is 62.7 cm³/mol. The van der Waals surface area contributed by atoms with Crippen molar-refractivity contribution in [3.8, 4) is 11.6 Å². The van der Waals surface area contributed by atoms with Gasteiger partial charge in [0, 0.05) is 12.6 Å². The van der Waals surface area contributed by atoms with Crippen molar-refractivity contribution in [1.29, 1.82) is 0 Å². The molecule has 0 spiro atoms. The summed E-state index contributed by atoms with van der Waals surface area (Å²) in [7, 11) is 0. The number of ether oxygens (including phenoxy) is 1. The highest BCUT2D eigenvalue weighted by molar-refractivity contribution is 5.44. The summed E-state index contributed by atoms with van der Waals surface area (Å²) in [6, 6.07) is 3.99. The molecule has 1 aliphatic rings. The van der Waals surface area contributed by atoms with Crippen LogP contribution >= 0.6 is 0 Å². The van der Waals surface area contributed by atoms with Crippen LogP contribution in [-0.4, -0.2) is 40.8 Å². The van der Waals surface area contributed by atoms with E-state index >= 15 is 0 Å². The highest BCUT2D eigenvalue weighted by Gasteiger charge is 2.21. The van der Waals surface area contributed by atoms with E-state index in [0.29, 0.717) is 30.1 Å². The van der Waals surface area contributed by atoms with Gasteiger partial charge in [0.05, 0.1) is 26.0 Å². The molecule has 0 saturated carbocycles. The molecular weight excluding hydrogens is 234 g/mol. The first-order valence-electron chi connectivity index (χ1n) is 6.01. The van der Waals surface area contributed by atoms with Crippen molar-refractivity contribution in [2.24, 2.45) is 0 Å². The second kappa shape index (κ2) is 4.91. The number of hydrogen-bond donors (Lipinski definition) is 0. The van der Waals surface area contributed by atoms with Gasteiger partial charge in [0.15, 0.2) is 5.76 Å². The Morgan fingerprint density at radius 2 is 2.44 bits per heavy atom. The molecule has 1 saturated heterocycles. The summed E-state index contributed by atoms with van der Waals surface area (Å²) in [6.45, 7) is 5.17. The van der Waals surface area contributed by atoms with Gasteiger partial charge < -0.3 is 13.7 Å². The first-order valence-corrected chi connectivity index (χ1v) is 6.01. The normalized spacial score (nSPS) is 21.3. The van der Waals surface area contributed by atoms with Gasteiger partial charge in [-0.2, -0.15) is 4.98 Å². The number of morpholine rings is 1. The van der Waals surface area contributed by atoms with Gasteiger partial charge >= 0.3 is 0 Å². The first-order chi connectivity index (χ1) is 8.83. The minimum absolute atomic E-state index is 0.373. The maximum atomic E-state index is 5.39. The largest absolute Gasteiger partial charge is 0.461 e. The smallest absolute Gasteiger partial charge is 0.241 e. The van der Waals surface area contributed by atoms with Gasteiger partial charge in [-0.05, 0) is 19.1 Å². The van der Waals surface area contributed by atoms with E-state index in [1.165, 1.54) is 0 Å². The molecule has 3 rings (SSSR count). The third kappa shape index (κ3) is 2.30. The summed E-state index contributed by atoms with van der Waals surface area (Å²) in [5.41, 5.74) is 0. The minimum Gasteiger partial charge on any atom is -0.461 e. The van der Waals surface area contributed by atoms with Crippen LogP contribution in [0.5, 0.6) is 0 Å². The second-order valence-corrected chi connectivity index (χ2v) is 4.38. The van der Waals surface area contributed by atoms with Crippen LogP contribution in [0.3, 0.4) is 0 Å². The molecule has 6 heteroatoms. The summed E-state index contributed by atoms with van der Waals surface area (Å²) < 4.78 is 15.9.